The van der Waals surface area contributed by atoms with Gasteiger partial charge in [-0.05, 0) is 24.3 Å². The molecule has 2 heterocycles. The van der Waals surface area contributed by atoms with Crippen LogP contribution in [0.1, 0.15) is 4.88 Å². The lowest BCUT2D eigenvalue weighted by Gasteiger charge is -2.20. The fourth-order valence-electron chi connectivity index (χ4n) is 2.68. The van der Waals surface area contributed by atoms with E-state index in [9.17, 15) is 9.59 Å². The van der Waals surface area contributed by atoms with Crippen LogP contribution in [0.25, 0.3) is 0 Å². The second-order valence-corrected chi connectivity index (χ2v) is 7.82. The quantitative estimate of drug-likeness (QED) is 0.669. The number of fused-ring (bicyclic) bond motifs is 1. The Labute approximate surface area is 171 Å². The van der Waals surface area contributed by atoms with Gasteiger partial charge in [-0.25, -0.2) is 4.79 Å². The molecule has 7 nitrogen and oxygen atoms in total. The van der Waals surface area contributed by atoms with Crippen molar-refractivity contribution in [1.82, 2.24) is 10.2 Å². The Morgan fingerprint density at radius 3 is 2.71 bits per heavy atom. The topological polar surface area (TPSA) is 79.9 Å². The molecule has 0 bridgehead atoms. The molecule has 3 rings (SSSR count). The molecule has 1 aliphatic heterocycles. The zero-order chi connectivity index (χ0) is 19.9. The standard InChI is InChI=1S/C19H20ClN3O4S/c1-2-7-23(11-14-4-6-17(20)28-14)12-18(24)22-19(25)21-13-3-5-15-16(10-13)27-9-8-26-15/h2-6,10H,1,7-9,11-12H2,(H2,21,22,24,25). The number of carbonyl (C=O) groups excluding carboxylic acids is 2. The van der Waals surface area contributed by atoms with Gasteiger partial charge in [0.15, 0.2) is 11.5 Å². The Bertz CT molecular complexity index is 871. The van der Waals surface area contributed by atoms with Crippen LogP contribution in [-0.4, -0.2) is 43.1 Å². The average molecular weight is 422 g/mol. The highest BCUT2D eigenvalue weighted by molar-refractivity contribution is 7.16. The average Bonchev–Trinajstić information content (AvgIpc) is 3.06. The summed E-state index contributed by atoms with van der Waals surface area (Å²) in [6.07, 6.45) is 1.71. The van der Waals surface area contributed by atoms with Gasteiger partial charge in [0.1, 0.15) is 13.2 Å². The van der Waals surface area contributed by atoms with E-state index in [2.05, 4.69) is 17.2 Å². The zero-order valence-electron chi connectivity index (χ0n) is 15.1. The first-order chi connectivity index (χ1) is 13.5. The third-order valence-corrected chi connectivity index (χ3v) is 5.03. The zero-order valence-corrected chi connectivity index (χ0v) is 16.6. The van der Waals surface area contributed by atoms with Gasteiger partial charge in [-0.2, -0.15) is 0 Å². The van der Waals surface area contributed by atoms with Crippen LogP contribution in [0.5, 0.6) is 11.5 Å². The molecule has 2 aromatic rings. The predicted molar refractivity (Wildman–Crippen MR) is 109 cm³/mol. The molecule has 9 heteroatoms. The molecule has 0 unspecified atom stereocenters. The lowest BCUT2D eigenvalue weighted by atomic mass is 10.2. The van der Waals surface area contributed by atoms with Gasteiger partial charge in [-0.15, -0.1) is 17.9 Å². The summed E-state index contributed by atoms with van der Waals surface area (Å²) in [7, 11) is 0. The number of halogens is 1. The number of imide groups is 1. The molecule has 1 aromatic carbocycles. The van der Waals surface area contributed by atoms with Gasteiger partial charge in [0, 0.05) is 29.7 Å². The van der Waals surface area contributed by atoms with E-state index in [4.69, 9.17) is 21.1 Å². The number of amides is 3. The minimum Gasteiger partial charge on any atom is -0.486 e. The summed E-state index contributed by atoms with van der Waals surface area (Å²) >= 11 is 7.40. The van der Waals surface area contributed by atoms with Crippen LogP contribution in [0.2, 0.25) is 4.34 Å². The van der Waals surface area contributed by atoms with Crippen molar-refractivity contribution in [3.8, 4) is 11.5 Å². The van der Waals surface area contributed by atoms with Crippen molar-refractivity contribution in [3.63, 3.8) is 0 Å². The van der Waals surface area contributed by atoms with Crippen molar-refractivity contribution < 1.29 is 19.1 Å². The summed E-state index contributed by atoms with van der Waals surface area (Å²) in [5, 5.41) is 4.95. The van der Waals surface area contributed by atoms with Crippen LogP contribution in [0.3, 0.4) is 0 Å². The molecule has 0 aliphatic carbocycles. The highest BCUT2D eigenvalue weighted by atomic mass is 35.5. The molecule has 28 heavy (non-hydrogen) atoms. The number of urea groups is 1. The third-order valence-electron chi connectivity index (χ3n) is 3.82. The molecule has 0 fully saturated rings. The van der Waals surface area contributed by atoms with Gasteiger partial charge in [-0.1, -0.05) is 17.7 Å². The highest BCUT2D eigenvalue weighted by Crippen LogP contribution is 2.32. The molecule has 1 aromatic heterocycles. The summed E-state index contributed by atoms with van der Waals surface area (Å²) in [6, 6.07) is 8.17. The molecule has 0 radical (unpaired) electrons. The fraction of sp³-hybridized carbons (Fsp3) is 0.263. The number of nitrogens with zero attached hydrogens (tertiary/aromatic N) is 1. The van der Waals surface area contributed by atoms with Gasteiger partial charge in [0.2, 0.25) is 5.91 Å². The molecule has 0 atom stereocenters. The number of rotatable bonds is 7. The van der Waals surface area contributed by atoms with E-state index >= 15 is 0 Å². The molecule has 1 aliphatic rings. The minimum atomic E-state index is -0.612. The van der Waals surface area contributed by atoms with Gasteiger partial charge in [0.25, 0.3) is 0 Å². The Morgan fingerprint density at radius 2 is 2.00 bits per heavy atom. The van der Waals surface area contributed by atoms with E-state index in [0.717, 1.165) is 4.88 Å². The Morgan fingerprint density at radius 1 is 1.21 bits per heavy atom. The molecule has 2 N–H and O–H groups in total. The molecule has 0 saturated carbocycles. The van der Waals surface area contributed by atoms with Crippen LogP contribution in [0.4, 0.5) is 10.5 Å². The number of thiophene rings is 1. The number of nitrogens with one attached hydrogen (secondary N) is 2. The van der Waals surface area contributed by atoms with E-state index in [0.29, 0.717) is 47.8 Å². The van der Waals surface area contributed by atoms with Gasteiger partial charge in [-0.3, -0.25) is 15.0 Å². The second-order valence-electron chi connectivity index (χ2n) is 6.02. The number of hydrogen-bond donors (Lipinski definition) is 2. The molecule has 148 valence electrons. The van der Waals surface area contributed by atoms with Crippen molar-refractivity contribution in [1.29, 1.82) is 0 Å². The van der Waals surface area contributed by atoms with Crippen molar-refractivity contribution in [2.24, 2.45) is 0 Å². The Balaban J connectivity index is 1.52. The maximum atomic E-state index is 12.2. The van der Waals surface area contributed by atoms with Crippen LogP contribution in [0.15, 0.2) is 43.0 Å². The van der Waals surface area contributed by atoms with E-state index < -0.39 is 11.9 Å². The summed E-state index contributed by atoms with van der Waals surface area (Å²) in [5.41, 5.74) is 0.505. The van der Waals surface area contributed by atoms with Crippen LogP contribution in [0, 0.1) is 0 Å². The maximum Gasteiger partial charge on any atom is 0.325 e. The van der Waals surface area contributed by atoms with Crippen LogP contribution < -0.4 is 20.1 Å². The van der Waals surface area contributed by atoms with E-state index in [1.54, 1.807) is 24.3 Å². The van der Waals surface area contributed by atoms with E-state index in [-0.39, 0.29) is 6.54 Å². The largest absolute Gasteiger partial charge is 0.486 e. The lowest BCUT2D eigenvalue weighted by molar-refractivity contribution is -0.121. The Kier molecular flexibility index (Phi) is 6.91. The van der Waals surface area contributed by atoms with Crippen molar-refractivity contribution in [3.05, 3.63) is 52.2 Å². The number of benzene rings is 1. The predicted octanol–water partition coefficient (Wildman–Crippen LogP) is 3.51. The number of anilines is 1. The fourth-order valence-corrected chi connectivity index (χ4v) is 3.81. The molecule has 0 saturated heterocycles. The van der Waals surface area contributed by atoms with E-state index in [1.165, 1.54) is 11.3 Å². The van der Waals surface area contributed by atoms with Crippen molar-refractivity contribution >= 4 is 40.6 Å². The van der Waals surface area contributed by atoms with Crippen LogP contribution >= 0.6 is 22.9 Å². The second kappa shape index (κ2) is 9.59. The number of hydrogen-bond acceptors (Lipinski definition) is 6. The Hall–Kier alpha value is -2.55. The van der Waals surface area contributed by atoms with Crippen LogP contribution in [-0.2, 0) is 11.3 Å². The summed E-state index contributed by atoms with van der Waals surface area (Å²) in [6.45, 7) is 5.76. The van der Waals surface area contributed by atoms with Crippen molar-refractivity contribution in [2.75, 3.05) is 31.6 Å². The summed E-state index contributed by atoms with van der Waals surface area (Å²) in [4.78, 5) is 27.3. The maximum absolute atomic E-state index is 12.2. The molecular formula is C19H20ClN3O4S. The molecule has 3 amide bonds. The highest BCUT2D eigenvalue weighted by Gasteiger charge is 2.16. The first-order valence-electron chi connectivity index (χ1n) is 8.61. The number of ether oxygens (including phenoxy) is 2. The van der Waals surface area contributed by atoms with Gasteiger partial charge >= 0.3 is 6.03 Å². The SMILES string of the molecule is C=CCN(CC(=O)NC(=O)Nc1ccc2c(c1)OCCO2)Cc1ccc(Cl)s1. The minimum absolute atomic E-state index is 0.0517. The third kappa shape index (κ3) is 5.72. The number of carbonyl (C=O) groups is 2. The van der Waals surface area contributed by atoms with Crippen molar-refractivity contribution in [2.45, 2.75) is 6.54 Å². The first kappa shape index (κ1) is 20.2. The molecule has 0 spiro atoms. The monoisotopic (exact) mass is 421 g/mol. The summed E-state index contributed by atoms with van der Waals surface area (Å²) < 4.78 is 11.6. The van der Waals surface area contributed by atoms with E-state index in [1.807, 2.05) is 17.0 Å². The van der Waals surface area contributed by atoms with Gasteiger partial charge < -0.3 is 14.8 Å². The normalized spacial score (nSPS) is 12.5. The molecular weight excluding hydrogens is 402 g/mol. The lowest BCUT2D eigenvalue weighted by Crippen LogP contribution is -2.41. The smallest absolute Gasteiger partial charge is 0.325 e. The van der Waals surface area contributed by atoms with Gasteiger partial charge in [0.05, 0.1) is 10.9 Å². The summed E-state index contributed by atoms with van der Waals surface area (Å²) in [5.74, 6) is 0.767. The first-order valence-corrected chi connectivity index (χ1v) is 9.81.